The molecule has 1 rings (SSSR count). The quantitative estimate of drug-likeness (QED) is 0.647. The second-order valence-electron chi connectivity index (χ2n) is 3.66. The van der Waals surface area contributed by atoms with Crippen LogP contribution in [0.1, 0.15) is 26.6 Å². The van der Waals surface area contributed by atoms with Crippen molar-refractivity contribution < 1.29 is 0 Å². The predicted octanol–water partition coefficient (Wildman–Crippen LogP) is 1.15. The van der Waals surface area contributed by atoms with E-state index in [9.17, 15) is 0 Å². The number of rotatable bonds is 1. The van der Waals surface area contributed by atoms with Crippen LogP contribution in [-0.4, -0.2) is 14.8 Å². The van der Waals surface area contributed by atoms with Crippen LogP contribution in [0.25, 0.3) is 0 Å². The number of nitrogens with two attached hydrogens (primary N) is 1. The van der Waals surface area contributed by atoms with Gasteiger partial charge >= 0.3 is 0 Å². The van der Waals surface area contributed by atoms with Gasteiger partial charge in [-0.05, 0) is 33.0 Å². The third-order valence-corrected chi connectivity index (χ3v) is 1.87. The Kier molecular flexibility index (Phi) is 2.34. The van der Waals surface area contributed by atoms with Gasteiger partial charge in [-0.1, -0.05) is 0 Å². The highest BCUT2D eigenvalue weighted by Crippen LogP contribution is 2.15. The molecule has 0 saturated heterocycles. The molecule has 4 nitrogen and oxygen atoms in total. The Balaban J connectivity index is 3.29. The van der Waals surface area contributed by atoms with E-state index in [0.717, 1.165) is 5.82 Å². The molecule has 0 fully saturated rings. The molecule has 1 aromatic rings. The first-order chi connectivity index (χ1) is 5.46. The maximum atomic E-state index is 5.51. The number of nitrogens with zero attached hydrogens (tertiary/aromatic N) is 2. The van der Waals surface area contributed by atoms with Gasteiger partial charge < -0.3 is 5.73 Å². The molecule has 1 heterocycles. The van der Waals surface area contributed by atoms with Gasteiger partial charge in [-0.3, -0.25) is 9.67 Å². The normalized spacial score (nSPS) is 12.0. The van der Waals surface area contributed by atoms with Crippen molar-refractivity contribution in [3.8, 4) is 0 Å². The summed E-state index contributed by atoms with van der Waals surface area (Å²) in [7, 11) is 0. The molecule has 3 N–H and O–H groups in total. The highest BCUT2D eigenvalue weighted by molar-refractivity contribution is 7.71. The largest absolute Gasteiger partial charge is 0.324 e. The van der Waals surface area contributed by atoms with Crippen LogP contribution >= 0.6 is 12.2 Å². The lowest BCUT2D eigenvalue weighted by molar-refractivity contribution is 0.378. The third-order valence-electron chi connectivity index (χ3n) is 1.60. The third kappa shape index (κ3) is 1.56. The van der Waals surface area contributed by atoms with Crippen molar-refractivity contribution in [3.63, 3.8) is 0 Å². The molecule has 0 saturated carbocycles. The summed E-state index contributed by atoms with van der Waals surface area (Å²) >= 11 is 5.08. The van der Waals surface area contributed by atoms with Crippen LogP contribution in [0.2, 0.25) is 0 Å². The number of H-pyrrole nitrogens is 1. The van der Waals surface area contributed by atoms with Gasteiger partial charge in [0.1, 0.15) is 5.82 Å². The summed E-state index contributed by atoms with van der Waals surface area (Å²) in [6.45, 7) is 6.61. The smallest absolute Gasteiger partial charge is 0.195 e. The standard InChI is InChI=1S/C7H14N4S/c1-7(2,3)11-5(4-8)9-10-6(11)12/h4,8H2,1-3H3,(H,10,12). The van der Waals surface area contributed by atoms with Crippen LogP contribution in [0.3, 0.4) is 0 Å². The van der Waals surface area contributed by atoms with E-state index in [1.54, 1.807) is 0 Å². The predicted molar refractivity (Wildman–Crippen MR) is 50.3 cm³/mol. The summed E-state index contributed by atoms with van der Waals surface area (Å²) in [5.41, 5.74) is 5.45. The zero-order chi connectivity index (χ0) is 9.35. The van der Waals surface area contributed by atoms with E-state index < -0.39 is 0 Å². The first kappa shape index (κ1) is 9.41. The minimum atomic E-state index is -0.0568. The average molecular weight is 186 g/mol. The molecular formula is C7H14N4S. The zero-order valence-corrected chi connectivity index (χ0v) is 8.40. The zero-order valence-electron chi connectivity index (χ0n) is 7.59. The molecule has 0 atom stereocenters. The van der Waals surface area contributed by atoms with Gasteiger partial charge in [0.2, 0.25) is 0 Å². The van der Waals surface area contributed by atoms with Gasteiger partial charge in [-0.25, -0.2) is 0 Å². The van der Waals surface area contributed by atoms with Crippen LogP contribution < -0.4 is 5.73 Å². The fourth-order valence-corrected chi connectivity index (χ4v) is 1.58. The number of nitrogens with one attached hydrogen (secondary N) is 1. The molecule has 68 valence electrons. The SMILES string of the molecule is CC(C)(C)n1c(CN)n[nH]c1=S. The van der Waals surface area contributed by atoms with Gasteiger partial charge in [0.25, 0.3) is 0 Å². The van der Waals surface area contributed by atoms with Crippen molar-refractivity contribution in [2.45, 2.75) is 32.9 Å². The van der Waals surface area contributed by atoms with E-state index in [1.165, 1.54) is 0 Å². The van der Waals surface area contributed by atoms with E-state index >= 15 is 0 Å². The van der Waals surface area contributed by atoms with E-state index in [4.69, 9.17) is 18.0 Å². The summed E-state index contributed by atoms with van der Waals surface area (Å²) in [4.78, 5) is 0. The Morgan fingerprint density at radius 2 is 2.17 bits per heavy atom. The van der Waals surface area contributed by atoms with E-state index in [-0.39, 0.29) is 5.54 Å². The molecule has 0 unspecified atom stereocenters. The van der Waals surface area contributed by atoms with Gasteiger partial charge in [-0.15, -0.1) is 0 Å². The Labute approximate surface area is 76.8 Å². The van der Waals surface area contributed by atoms with E-state index in [0.29, 0.717) is 11.3 Å². The minimum absolute atomic E-state index is 0.0568. The summed E-state index contributed by atoms with van der Waals surface area (Å²) in [6, 6.07) is 0. The van der Waals surface area contributed by atoms with Crippen LogP contribution in [-0.2, 0) is 12.1 Å². The fourth-order valence-electron chi connectivity index (χ4n) is 1.16. The Morgan fingerprint density at radius 3 is 2.50 bits per heavy atom. The molecular weight excluding hydrogens is 172 g/mol. The van der Waals surface area contributed by atoms with E-state index in [1.807, 2.05) is 4.57 Å². The van der Waals surface area contributed by atoms with Crippen LogP contribution in [0.15, 0.2) is 0 Å². The molecule has 0 aliphatic heterocycles. The van der Waals surface area contributed by atoms with Crippen LogP contribution in [0, 0.1) is 4.77 Å². The lowest BCUT2D eigenvalue weighted by atomic mass is 10.1. The molecule has 0 aliphatic rings. The summed E-state index contributed by atoms with van der Waals surface area (Å²) < 4.78 is 2.56. The lowest BCUT2D eigenvalue weighted by Crippen LogP contribution is -2.25. The molecule has 0 aliphatic carbocycles. The van der Waals surface area contributed by atoms with Gasteiger partial charge in [0.15, 0.2) is 4.77 Å². The topological polar surface area (TPSA) is 59.6 Å². The van der Waals surface area contributed by atoms with E-state index in [2.05, 4.69) is 31.0 Å². The Morgan fingerprint density at radius 1 is 1.58 bits per heavy atom. The van der Waals surface area contributed by atoms with Crippen molar-refractivity contribution in [2.24, 2.45) is 5.73 Å². The van der Waals surface area contributed by atoms with Crippen molar-refractivity contribution in [1.29, 1.82) is 0 Å². The van der Waals surface area contributed by atoms with Gasteiger partial charge in [0, 0.05) is 5.54 Å². The van der Waals surface area contributed by atoms with Crippen molar-refractivity contribution >= 4 is 12.2 Å². The number of hydrogen-bond donors (Lipinski definition) is 2. The number of aromatic nitrogens is 3. The van der Waals surface area contributed by atoms with Gasteiger partial charge in [-0.2, -0.15) is 5.10 Å². The molecule has 0 bridgehead atoms. The molecule has 0 spiro atoms. The maximum Gasteiger partial charge on any atom is 0.195 e. The molecule has 1 aromatic heterocycles. The molecule has 0 aromatic carbocycles. The minimum Gasteiger partial charge on any atom is -0.324 e. The Bertz CT molecular complexity index is 317. The Hall–Kier alpha value is -0.680. The average Bonchev–Trinajstić information content (AvgIpc) is 2.29. The second-order valence-corrected chi connectivity index (χ2v) is 4.04. The molecule has 0 amide bonds. The monoisotopic (exact) mass is 186 g/mol. The molecule has 5 heteroatoms. The fraction of sp³-hybridized carbons (Fsp3) is 0.714. The summed E-state index contributed by atoms with van der Waals surface area (Å²) in [6.07, 6.45) is 0. The number of aromatic amines is 1. The summed E-state index contributed by atoms with van der Waals surface area (Å²) in [5, 5.41) is 6.75. The molecule has 12 heavy (non-hydrogen) atoms. The lowest BCUT2D eigenvalue weighted by Gasteiger charge is -2.21. The highest BCUT2D eigenvalue weighted by atomic mass is 32.1. The van der Waals surface area contributed by atoms with Crippen molar-refractivity contribution in [3.05, 3.63) is 10.6 Å². The number of hydrogen-bond acceptors (Lipinski definition) is 3. The van der Waals surface area contributed by atoms with Gasteiger partial charge in [0.05, 0.1) is 6.54 Å². The van der Waals surface area contributed by atoms with Crippen LogP contribution in [0.5, 0.6) is 0 Å². The first-order valence-corrected chi connectivity index (χ1v) is 4.24. The van der Waals surface area contributed by atoms with Crippen molar-refractivity contribution in [2.75, 3.05) is 0 Å². The summed E-state index contributed by atoms with van der Waals surface area (Å²) in [5.74, 6) is 0.799. The first-order valence-electron chi connectivity index (χ1n) is 3.83. The van der Waals surface area contributed by atoms with Crippen molar-refractivity contribution in [1.82, 2.24) is 14.8 Å². The maximum absolute atomic E-state index is 5.51. The highest BCUT2D eigenvalue weighted by Gasteiger charge is 2.17. The molecule has 0 radical (unpaired) electrons. The van der Waals surface area contributed by atoms with Crippen LogP contribution in [0.4, 0.5) is 0 Å². The second kappa shape index (κ2) is 2.99.